The van der Waals surface area contributed by atoms with Gasteiger partial charge in [0.1, 0.15) is 0 Å². The number of likely N-dealkylation sites (tertiary alicyclic amines) is 1. The molecule has 1 heterocycles. The molecule has 11 heavy (non-hydrogen) atoms. The summed E-state index contributed by atoms with van der Waals surface area (Å²) in [6.45, 7) is 5.03. The van der Waals surface area contributed by atoms with Gasteiger partial charge in [-0.1, -0.05) is 0 Å². The summed E-state index contributed by atoms with van der Waals surface area (Å²) in [4.78, 5) is 13.2. The quantitative estimate of drug-likeness (QED) is 0.624. The molecule has 64 valence electrons. The standard InChI is InChI=1S/C8H15NOS/c1-8(2,6-11)9-5-3-4-7(9)10/h11H,3-6H2,1-2H3. The zero-order chi connectivity index (χ0) is 8.48. The van der Waals surface area contributed by atoms with Crippen molar-refractivity contribution in [3.05, 3.63) is 0 Å². The molecule has 0 unspecified atom stereocenters. The topological polar surface area (TPSA) is 20.3 Å². The summed E-state index contributed by atoms with van der Waals surface area (Å²) < 4.78 is 0. The van der Waals surface area contributed by atoms with Crippen LogP contribution in [-0.4, -0.2) is 28.6 Å². The Bertz CT molecular complexity index is 167. The van der Waals surface area contributed by atoms with Crippen LogP contribution in [0.5, 0.6) is 0 Å². The van der Waals surface area contributed by atoms with Crippen LogP contribution in [0.3, 0.4) is 0 Å². The lowest BCUT2D eigenvalue weighted by Crippen LogP contribution is -2.46. The Morgan fingerprint density at radius 1 is 1.64 bits per heavy atom. The van der Waals surface area contributed by atoms with Gasteiger partial charge in [0.15, 0.2) is 0 Å². The molecule has 1 saturated heterocycles. The molecule has 1 aliphatic heterocycles. The molecule has 0 atom stereocenters. The number of rotatable bonds is 2. The molecule has 2 nitrogen and oxygen atoms in total. The number of carbonyl (C=O) groups excluding carboxylic acids is 1. The molecule has 1 aliphatic rings. The van der Waals surface area contributed by atoms with E-state index in [0.717, 1.165) is 25.1 Å². The highest BCUT2D eigenvalue weighted by Gasteiger charge is 2.32. The minimum atomic E-state index is -0.0588. The molecule has 0 bridgehead atoms. The largest absolute Gasteiger partial charge is 0.337 e. The number of carbonyl (C=O) groups is 1. The van der Waals surface area contributed by atoms with E-state index in [4.69, 9.17) is 0 Å². The second kappa shape index (κ2) is 3.05. The lowest BCUT2D eigenvalue weighted by Gasteiger charge is -2.34. The van der Waals surface area contributed by atoms with E-state index in [-0.39, 0.29) is 11.4 Å². The van der Waals surface area contributed by atoms with Crippen LogP contribution < -0.4 is 0 Å². The zero-order valence-corrected chi connectivity index (χ0v) is 8.03. The van der Waals surface area contributed by atoms with Gasteiger partial charge in [-0.15, -0.1) is 0 Å². The van der Waals surface area contributed by atoms with Gasteiger partial charge >= 0.3 is 0 Å². The molecule has 0 aromatic rings. The van der Waals surface area contributed by atoms with Gasteiger partial charge in [0, 0.05) is 24.3 Å². The molecule has 3 heteroatoms. The van der Waals surface area contributed by atoms with E-state index in [1.807, 2.05) is 4.90 Å². The summed E-state index contributed by atoms with van der Waals surface area (Å²) in [6.07, 6.45) is 1.73. The highest BCUT2D eigenvalue weighted by atomic mass is 32.1. The molecule has 0 N–H and O–H groups in total. The van der Waals surface area contributed by atoms with Crippen LogP contribution in [-0.2, 0) is 4.79 Å². The third-order valence-corrected chi connectivity index (χ3v) is 2.96. The van der Waals surface area contributed by atoms with E-state index in [1.54, 1.807) is 0 Å². The van der Waals surface area contributed by atoms with Gasteiger partial charge < -0.3 is 4.90 Å². The molecular weight excluding hydrogens is 158 g/mol. The second-order valence-electron chi connectivity index (χ2n) is 3.62. The van der Waals surface area contributed by atoms with Gasteiger partial charge in [0.25, 0.3) is 0 Å². The van der Waals surface area contributed by atoms with Crippen LogP contribution in [0.1, 0.15) is 26.7 Å². The third-order valence-electron chi connectivity index (χ3n) is 2.19. The van der Waals surface area contributed by atoms with Crippen molar-refractivity contribution in [2.45, 2.75) is 32.2 Å². The van der Waals surface area contributed by atoms with Crippen LogP contribution in [0, 0.1) is 0 Å². The van der Waals surface area contributed by atoms with E-state index in [9.17, 15) is 4.79 Å². The smallest absolute Gasteiger partial charge is 0.223 e. The van der Waals surface area contributed by atoms with Crippen LogP contribution >= 0.6 is 12.6 Å². The van der Waals surface area contributed by atoms with Crippen molar-refractivity contribution >= 4 is 18.5 Å². The third kappa shape index (κ3) is 1.70. The van der Waals surface area contributed by atoms with Crippen molar-refractivity contribution in [2.24, 2.45) is 0 Å². The van der Waals surface area contributed by atoms with Gasteiger partial charge in [0.2, 0.25) is 5.91 Å². The Morgan fingerprint density at radius 3 is 2.64 bits per heavy atom. The Balaban J connectivity index is 2.65. The number of hydrogen-bond acceptors (Lipinski definition) is 2. The average molecular weight is 173 g/mol. The lowest BCUT2D eigenvalue weighted by atomic mass is 10.1. The van der Waals surface area contributed by atoms with Crippen molar-refractivity contribution in [3.63, 3.8) is 0 Å². The average Bonchev–Trinajstić information content (AvgIpc) is 2.36. The van der Waals surface area contributed by atoms with Gasteiger partial charge in [-0.25, -0.2) is 0 Å². The van der Waals surface area contributed by atoms with E-state index >= 15 is 0 Å². The Hall–Kier alpha value is -0.180. The first-order valence-corrected chi connectivity index (χ1v) is 4.62. The molecule has 1 amide bonds. The van der Waals surface area contributed by atoms with Gasteiger partial charge in [-0.2, -0.15) is 12.6 Å². The first-order valence-electron chi connectivity index (χ1n) is 3.99. The summed E-state index contributed by atoms with van der Waals surface area (Å²) in [5, 5.41) is 0. The minimum absolute atomic E-state index is 0.0588. The molecule has 0 saturated carbocycles. The van der Waals surface area contributed by atoms with E-state index < -0.39 is 0 Å². The number of nitrogens with zero attached hydrogens (tertiary/aromatic N) is 1. The van der Waals surface area contributed by atoms with Crippen molar-refractivity contribution in [2.75, 3.05) is 12.3 Å². The Morgan fingerprint density at radius 2 is 2.27 bits per heavy atom. The lowest BCUT2D eigenvalue weighted by molar-refractivity contribution is -0.131. The van der Waals surface area contributed by atoms with Crippen LogP contribution in [0.4, 0.5) is 0 Å². The van der Waals surface area contributed by atoms with Gasteiger partial charge in [0.05, 0.1) is 0 Å². The fourth-order valence-corrected chi connectivity index (χ4v) is 1.54. The highest BCUT2D eigenvalue weighted by molar-refractivity contribution is 7.80. The maximum absolute atomic E-state index is 11.3. The number of thiol groups is 1. The summed E-state index contributed by atoms with van der Waals surface area (Å²) in [7, 11) is 0. The zero-order valence-electron chi connectivity index (χ0n) is 7.13. The highest BCUT2D eigenvalue weighted by Crippen LogP contribution is 2.22. The second-order valence-corrected chi connectivity index (χ2v) is 3.94. The summed E-state index contributed by atoms with van der Waals surface area (Å²) in [5.41, 5.74) is -0.0588. The van der Waals surface area contributed by atoms with Crippen LogP contribution in [0.2, 0.25) is 0 Å². The van der Waals surface area contributed by atoms with Gasteiger partial charge in [-0.3, -0.25) is 4.79 Å². The summed E-state index contributed by atoms with van der Waals surface area (Å²) in [5.74, 6) is 1.02. The van der Waals surface area contributed by atoms with Gasteiger partial charge in [-0.05, 0) is 20.3 Å². The predicted molar refractivity (Wildman–Crippen MR) is 48.9 cm³/mol. The van der Waals surface area contributed by atoms with Crippen LogP contribution in [0.25, 0.3) is 0 Å². The van der Waals surface area contributed by atoms with E-state index in [0.29, 0.717) is 0 Å². The first kappa shape index (κ1) is 8.91. The van der Waals surface area contributed by atoms with Crippen molar-refractivity contribution in [3.8, 4) is 0 Å². The summed E-state index contributed by atoms with van der Waals surface area (Å²) in [6, 6.07) is 0. The molecule has 0 radical (unpaired) electrons. The molecule has 0 aromatic carbocycles. The molecule has 0 aliphatic carbocycles. The minimum Gasteiger partial charge on any atom is -0.337 e. The number of amides is 1. The summed E-state index contributed by atoms with van der Waals surface area (Å²) >= 11 is 4.22. The molecular formula is C8H15NOS. The Kier molecular flexibility index (Phi) is 2.47. The Labute approximate surface area is 73.4 Å². The monoisotopic (exact) mass is 173 g/mol. The maximum atomic E-state index is 11.3. The van der Waals surface area contributed by atoms with E-state index in [2.05, 4.69) is 26.5 Å². The van der Waals surface area contributed by atoms with Crippen molar-refractivity contribution in [1.29, 1.82) is 0 Å². The fourth-order valence-electron chi connectivity index (χ4n) is 1.37. The molecule has 0 spiro atoms. The van der Waals surface area contributed by atoms with Crippen molar-refractivity contribution in [1.82, 2.24) is 4.90 Å². The van der Waals surface area contributed by atoms with Crippen molar-refractivity contribution < 1.29 is 4.79 Å². The molecule has 1 fully saturated rings. The number of hydrogen-bond donors (Lipinski definition) is 1. The molecule has 0 aromatic heterocycles. The molecule has 1 rings (SSSR count). The normalized spacial score (nSPS) is 19.5. The van der Waals surface area contributed by atoms with E-state index in [1.165, 1.54) is 0 Å². The fraction of sp³-hybridized carbons (Fsp3) is 0.875. The van der Waals surface area contributed by atoms with Crippen LogP contribution in [0.15, 0.2) is 0 Å². The SMILES string of the molecule is CC(C)(CS)N1CCCC1=O. The maximum Gasteiger partial charge on any atom is 0.223 e. The first-order chi connectivity index (χ1) is 5.08. The predicted octanol–water partition coefficient (Wildman–Crippen LogP) is 1.32.